The van der Waals surface area contributed by atoms with Crippen molar-refractivity contribution in [1.82, 2.24) is 0 Å². The SMILES string of the molecule is CCOC1=CCC=C(/C=C(\C#N)C=O)C=C1OC. The fraction of sp³-hybridized carbons (Fsp3) is 0.286. The van der Waals surface area contributed by atoms with Crippen LogP contribution < -0.4 is 0 Å². The van der Waals surface area contributed by atoms with Crippen molar-refractivity contribution in [1.29, 1.82) is 5.26 Å². The summed E-state index contributed by atoms with van der Waals surface area (Å²) in [5, 5.41) is 8.72. The minimum atomic E-state index is 0.0767. The molecule has 0 bridgehead atoms. The van der Waals surface area contributed by atoms with E-state index < -0.39 is 0 Å². The zero-order valence-electron chi connectivity index (χ0n) is 10.5. The summed E-state index contributed by atoms with van der Waals surface area (Å²) in [6, 6.07) is 1.82. The summed E-state index contributed by atoms with van der Waals surface area (Å²) < 4.78 is 10.7. The van der Waals surface area contributed by atoms with Crippen LogP contribution in [0.2, 0.25) is 0 Å². The van der Waals surface area contributed by atoms with E-state index in [9.17, 15) is 4.79 Å². The van der Waals surface area contributed by atoms with E-state index in [0.717, 1.165) is 5.57 Å². The molecule has 4 heteroatoms. The third kappa shape index (κ3) is 3.63. The van der Waals surface area contributed by atoms with Crippen LogP contribution in [-0.4, -0.2) is 20.0 Å². The van der Waals surface area contributed by atoms with Crippen molar-refractivity contribution in [2.75, 3.05) is 13.7 Å². The molecule has 0 N–H and O–H groups in total. The first-order chi connectivity index (χ1) is 8.74. The Bertz CT molecular complexity index is 476. The molecule has 0 aromatic carbocycles. The molecule has 0 spiro atoms. The first kappa shape index (κ1) is 13.8. The highest BCUT2D eigenvalue weighted by atomic mass is 16.5. The monoisotopic (exact) mass is 245 g/mol. The van der Waals surface area contributed by atoms with Crippen molar-refractivity contribution >= 4 is 6.29 Å². The summed E-state index contributed by atoms with van der Waals surface area (Å²) in [4.78, 5) is 10.6. The molecular formula is C14H15NO3. The Morgan fingerprint density at radius 3 is 2.83 bits per heavy atom. The molecule has 0 amide bonds. The molecule has 0 fully saturated rings. The lowest BCUT2D eigenvalue weighted by molar-refractivity contribution is -0.104. The van der Waals surface area contributed by atoms with Crippen molar-refractivity contribution in [2.24, 2.45) is 0 Å². The molecule has 0 heterocycles. The number of hydrogen-bond acceptors (Lipinski definition) is 4. The summed E-state index contributed by atoms with van der Waals surface area (Å²) in [5.74, 6) is 1.25. The zero-order valence-corrected chi connectivity index (χ0v) is 10.5. The van der Waals surface area contributed by atoms with Gasteiger partial charge in [-0.15, -0.1) is 0 Å². The highest BCUT2D eigenvalue weighted by Gasteiger charge is 2.10. The van der Waals surface area contributed by atoms with E-state index in [0.29, 0.717) is 30.8 Å². The van der Waals surface area contributed by atoms with Crippen molar-refractivity contribution in [3.05, 3.63) is 47.0 Å². The van der Waals surface area contributed by atoms with E-state index in [4.69, 9.17) is 14.7 Å². The number of nitriles is 1. The lowest BCUT2D eigenvalue weighted by Gasteiger charge is -2.10. The molecule has 0 aromatic heterocycles. The van der Waals surface area contributed by atoms with Crippen LogP contribution in [0.1, 0.15) is 13.3 Å². The van der Waals surface area contributed by atoms with Gasteiger partial charge in [-0.2, -0.15) is 5.26 Å². The number of carbonyl (C=O) groups excluding carboxylic acids is 1. The average molecular weight is 245 g/mol. The van der Waals surface area contributed by atoms with Crippen LogP contribution in [0.5, 0.6) is 0 Å². The van der Waals surface area contributed by atoms with Gasteiger partial charge in [-0.25, -0.2) is 0 Å². The highest BCUT2D eigenvalue weighted by Crippen LogP contribution is 2.21. The van der Waals surface area contributed by atoms with Crippen molar-refractivity contribution in [3.8, 4) is 6.07 Å². The second-order valence-corrected chi connectivity index (χ2v) is 3.48. The fourth-order valence-corrected chi connectivity index (χ4v) is 1.50. The Hall–Kier alpha value is -2.28. The van der Waals surface area contributed by atoms with E-state index in [1.807, 2.05) is 25.1 Å². The standard InChI is InChI=1S/C14H15NO3/c1-3-18-13-6-4-5-11(8-14(13)17-2)7-12(9-15)10-16/h5-8,10H,3-4H2,1-2H3/b12-7+. The molecule has 94 valence electrons. The van der Waals surface area contributed by atoms with E-state index >= 15 is 0 Å². The molecule has 4 nitrogen and oxygen atoms in total. The Morgan fingerprint density at radius 2 is 2.28 bits per heavy atom. The Kier molecular flexibility index (Phi) is 5.46. The maximum atomic E-state index is 10.6. The lowest BCUT2D eigenvalue weighted by Crippen LogP contribution is -1.98. The first-order valence-electron chi connectivity index (χ1n) is 5.61. The topological polar surface area (TPSA) is 59.3 Å². The number of allylic oxidation sites excluding steroid dienone is 6. The molecule has 0 saturated heterocycles. The number of nitrogens with zero attached hydrogens (tertiary/aromatic N) is 1. The van der Waals surface area contributed by atoms with Crippen molar-refractivity contribution < 1.29 is 14.3 Å². The summed E-state index contributed by atoms with van der Waals surface area (Å²) >= 11 is 0. The van der Waals surface area contributed by atoms with Crippen molar-refractivity contribution in [3.63, 3.8) is 0 Å². The van der Waals surface area contributed by atoms with Gasteiger partial charge in [0.25, 0.3) is 0 Å². The number of methoxy groups -OCH3 is 1. The number of aldehydes is 1. The van der Waals surface area contributed by atoms with Gasteiger partial charge in [0, 0.05) is 0 Å². The quantitative estimate of drug-likeness (QED) is 0.424. The van der Waals surface area contributed by atoms with Crippen LogP contribution in [0, 0.1) is 11.3 Å². The van der Waals surface area contributed by atoms with Crippen LogP contribution in [0.15, 0.2) is 47.0 Å². The van der Waals surface area contributed by atoms with E-state index in [1.165, 1.54) is 6.08 Å². The lowest BCUT2D eigenvalue weighted by atomic mass is 10.1. The van der Waals surface area contributed by atoms with Gasteiger partial charge >= 0.3 is 0 Å². The van der Waals surface area contributed by atoms with E-state index in [2.05, 4.69) is 0 Å². The first-order valence-corrected chi connectivity index (χ1v) is 5.61. The molecule has 0 atom stereocenters. The second kappa shape index (κ2) is 7.13. The Labute approximate surface area is 107 Å². The zero-order chi connectivity index (χ0) is 13.4. The molecule has 0 saturated carbocycles. The van der Waals surface area contributed by atoms with Crippen LogP contribution in [0.25, 0.3) is 0 Å². The van der Waals surface area contributed by atoms with Crippen LogP contribution in [0.3, 0.4) is 0 Å². The number of ether oxygens (including phenoxy) is 2. The van der Waals surface area contributed by atoms with E-state index in [1.54, 1.807) is 13.2 Å². The van der Waals surface area contributed by atoms with E-state index in [-0.39, 0.29) is 5.57 Å². The van der Waals surface area contributed by atoms with Gasteiger partial charge < -0.3 is 9.47 Å². The molecule has 0 radical (unpaired) electrons. The third-order valence-electron chi connectivity index (χ3n) is 2.30. The van der Waals surface area contributed by atoms with Crippen LogP contribution in [-0.2, 0) is 14.3 Å². The summed E-state index contributed by atoms with van der Waals surface area (Å²) in [5.41, 5.74) is 0.828. The number of rotatable bonds is 5. The normalized spacial score (nSPS) is 15.6. The third-order valence-corrected chi connectivity index (χ3v) is 2.30. The summed E-state index contributed by atoms with van der Waals surface area (Å²) in [6.45, 7) is 2.45. The maximum Gasteiger partial charge on any atom is 0.160 e. The predicted octanol–water partition coefficient (Wildman–Crippen LogP) is 2.42. The van der Waals surface area contributed by atoms with Gasteiger partial charge in [-0.1, -0.05) is 6.08 Å². The highest BCUT2D eigenvalue weighted by molar-refractivity contribution is 5.80. The van der Waals surface area contributed by atoms with Crippen LogP contribution >= 0.6 is 0 Å². The van der Waals surface area contributed by atoms with Gasteiger partial charge in [0.15, 0.2) is 17.8 Å². The summed E-state index contributed by atoms with van der Waals surface area (Å²) in [7, 11) is 1.55. The van der Waals surface area contributed by atoms with Gasteiger partial charge in [-0.3, -0.25) is 4.79 Å². The van der Waals surface area contributed by atoms with Gasteiger partial charge in [0.05, 0.1) is 19.3 Å². The molecule has 0 unspecified atom stereocenters. The predicted molar refractivity (Wildman–Crippen MR) is 67.3 cm³/mol. The minimum absolute atomic E-state index is 0.0767. The number of carbonyl (C=O) groups is 1. The molecule has 1 rings (SSSR count). The maximum absolute atomic E-state index is 10.6. The van der Waals surface area contributed by atoms with Gasteiger partial charge in [0.2, 0.25) is 0 Å². The fourth-order valence-electron chi connectivity index (χ4n) is 1.50. The second-order valence-electron chi connectivity index (χ2n) is 3.48. The molecule has 0 aliphatic heterocycles. The molecule has 18 heavy (non-hydrogen) atoms. The molecule has 1 aliphatic carbocycles. The summed E-state index contributed by atoms with van der Waals surface area (Å²) in [6.07, 6.45) is 8.24. The minimum Gasteiger partial charge on any atom is -0.493 e. The van der Waals surface area contributed by atoms with Crippen molar-refractivity contribution in [2.45, 2.75) is 13.3 Å². The largest absolute Gasteiger partial charge is 0.493 e. The van der Waals surface area contributed by atoms with Gasteiger partial charge in [-0.05, 0) is 37.1 Å². The molecule has 0 aromatic rings. The molecular weight excluding hydrogens is 230 g/mol. The van der Waals surface area contributed by atoms with Crippen LogP contribution in [0.4, 0.5) is 0 Å². The Morgan fingerprint density at radius 1 is 1.50 bits per heavy atom. The van der Waals surface area contributed by atoms with Gasteiger partial charge in [0.1, 0.15) is 6.07 Å². The number of hydrogen-bond donors (Lipinski definition) is 0. The Balaban J connectivity index is 3.03. The smallest absolute Gasteiger partial charge is 0.160 e. The molecule has 1 aliphatic rings. The average Bonchev–Trinajstić information content (AvgIpc) is 2.58.